The maximum atomic E-state index is 12.5. The van der Waals surface area contributed by atoms with Crippen LogP contribution in [0, 0.1) is 6.92 Å². The fraction of sp³-hybridized carbons (Fsp3) is 0.529. The zero-order valence-electron chi connectivity index (χ0n) is 13.6. The monoisotopic (exact) mass is 328 g/mol. The molecule has 0 atom stereocenters. The molecular formula is C17H20N4O3. The number of piperidine rings is 1. The van der Waals surface area contributed by atoms with Crippen LogP contribution in [0.15, 0.2) is 22.9 Å². The molecule has 7 heteroatoms. The fourth-order valence-electron chi connectivity index (χ4n) is 2.96. The molecule has 0 bridgehead atoms. The van der Waals surface area contributed by atoms with E-state index in [0.717, 1.165) is 31.4 Å². The number of hydrogen-bond acceptors (Lipinski definition) is 6. The van der Waals surface area contributed by atoms with Crippen LogP contribution >= 0.6 is 0 Å². The predicted molar refractivity (Wildman–Crippen MR) is 84.8 cm³/mol. The fourth-order valence-corrected chi connectivity index (χ4v) is 2.96. The molecular weight excluding hydrogens is 308 g/mol. The minimum atomic E-state index is -0.0537. The Morgan fingerprint density at radius 1 is 1.29 bits per heavy atom. The summed E-state index contributed by atoms with van der Waals surface area (Å²) >= 11 is 0. The molecule has 2 fully saturated rings. The summed E-state index contributed by atoms with van der Waals surface area (Å²) in [4.78, 5) is 22.6. The van der Waals surface area contributed by atoms with Crippen molar-refractivity contribution in [3.05, 3.63) is 35.6 Å². The van der Waals surface area contributed by atoms with Gasteiger partial charge in [-0.2, -0.15) is 4.98 Å². The molecule has 7 nitrogen and oxygen atoms in total. The predicted octanol–water partition coefficient (Wildman–Crippen LogP) is 2.33. The van der Waals surface area contributed by atoms with E-state index in [1.807, 2.05) is 11.8 Å². The van der Waals surface area contributed by atoms with E-state index in [1.54, 1.807) is 18.3 Å². The van der Waals surface area contributed by atoms with Crippen molar-refractivity contribution in [1.29, 1.82) is 0 Å². The van der Waals surface area contributed by atoms with Crippen LogP contribution in [0.2, 0.25) is 0 Å². The van der Waals surface area contributed by atoms with Crippen molar-refractivity contribution in [2.75, 3.05) is 13.1 Å². The van der Waals surface area contributed by atoms with Crippen LogP contribution < -0.4 is 4.74 Å². The van der Waals surface area contributed by atoms with Crippen molar-refractivity contribution < 1.29 is 14.1 Å². The second kappa shape index (κ2) is 6.22. The molecule has 1 aliphatic carbocycles. The molecule has 3 heterocycles. The third kappa shape index (κ3) is 3.25. The molecule has 0 N–H and O–H groups in total. The molecule has 4 rings (SSSR count). The van der Waals surface area contributed by atoms with Crippen molar-refractivity contribution in [3.63, 3.8) is 0 Å². The Balaban J connectivity index is 1.32. The van der Waals surface area contributed by atoms with Gasteiger partial charge in [0.05, 0.1) is 0 Å². The van der Waals surface area contributed by atoms with Crippen LogP contribution in [0.5, 0.6) is 5.88 Å². The van der Waals surface area contributed by atoms with Gasteiger partial charge in [-0.1, -0.05) is 5.16 Å². The molecule has 1 saturated heterocycles. The Labute approximate surface area is 140 Å². The van der Waals surface area contributed by atoms with Gasteiger partial charge >= 0.3 is 0 Å². The summed E-state index contributed by atoms with van der Waals surface area (Å²) in [5.74, 6) is 2.54. The third-order valence-electron chi connectivity index (χ3n) is 4.49. The first-order valence-corrected chi connectivity index (χ1v) is 8.41. The number of ether oxygens (including phenoxy) is 1. The van der Waals surface area contributed by atoms with Gasteiger partial charge in [-0.25, -0.2) is 4.98 Å². The highest BCUT2D eigenvalue weighted by Crippen LogP contribution is 2.40. The molecule has 1 amide bonds. The Hall–Kier alpha value is -2.44. The highest BCUT2D eigenvalue weighted by molar-refractivity contribution is 5.92. The minimum Gasteiger partial charge on any atom is -0.474 e. The van der Waals surface area contributed by atoms with Crippen molar-refractivity contribution in [3.8, 4) is 5.88 Å². The lowest BCUT2D eigenvalue weighted by Crippen LogP contribution is -2.42. The normalized spacial score (nSPS) is 18.6. The summed E-state index contributed by atoms with van der Waals surface area (Å²) in [7, 11) is 0. The number of aryl methyl sites for hydroxylation is 1. The average Bonchev–Trinajstić information content (AvgIpc) is 3.32. The van der Waals surface area contributed by atoms with Gasteiger partial charge in [0.25, 0.3) is 5.91 Å². The van der Waals surface area contributed by atoms with Gasteiger partial charge in [0.2, 0.25) is 5.88 Å². The third-order valence-corrected chi connectivity index (χ3v) is 4.49. The Morgan fingerprint density at radius 2 is 2.08 bits per heavy atom. The number of nitrogens with zero attached hydrogens (tertiary/aromatic N) is 4. The largest absolute Gasteiger partial charge is 0.474 e. The van der Waals surface area contributed by atoms with Gasteiger partial charge in [0.1, 0.15) is 17.7 Å². The van der Waals surface area contributed by atoms with E-state index in [0.29, 0.717) is 36.4 Å². The van der Waals surface area contributed by atoms with E-state index in [9.17, 15) is 4.79 Å². The van der Waals surface area contributed by atoms with Crippen LogP contribution in [0.25, 0.3) is 0 Å². The SMILES string of the molecule is Cc1nccc(OC2CCN(C(=O)c3cc(C4CC4)on3)CC2)n1. The molecule has 0 spiro atoms. The Morgan fingerprint density at radius 3 is 2.79 bits per heavy atom. The first kappa shape index (κ1) is 15.1. The van der Waals surface area contributed by atoms with Gasteiger partial charge in [-0.15, -0.1) is 0 Å². The molecule has 1 aliphatic heterocycles. The van der Waals surface area contributed by atoms with Crippen LogP contribution in [0.3, 0.4) is 0 Å². The van der Waals surface area contributed by atoms with Crippen molar-refractivity contribution in [2.24, 2.45) is 0 Å². The maximum absolute atomic E-state index is 12.5. The smallest absolute Gasteiger partial charge is 0.276 e. The minimum absolute atomic E-state index is 0.0537. The second-order valence-corrected chi connectivity index (χ2v) is 6.44. The average molecular weight is 328 g/mol. The topological polar surface area (TPSA) is 81.4 Å². The number of carbonyl (C=O) groups is 1. The summed E-state index contributed by atoms with van der Waals surface area (Å²) in [5.41, 5.74) is 0.419. The quantitative estimate of drug-likeness (QED) is 0.857. The molecule has 126 valence electrons. The van der Waals surface area contributed by atoms with Crippen LogP contribution in [-0.4, -0.2) is 45.1 Å². The molecule has 0 radical (unpaired) electrons. The number of likely N-dealkylation sites (tertiary alicyclic amines) is 1. The Bertz CT molecular complexity index is 733. The molecule has 2 aromatic rings. The van der Waals surface area contributed by atoms with Gasteiger partial charge in [-0.3, -0.25) is 4.79 Å². The maximum Gasteiger partial charge on any atom is 0.276 e. The summed E-state index contributed by atoms with van der Waals surface area (Å²) < 4.78 is 11.2. The van der Waals surface area contributed by atoms with Gasteiger partial charge in [-0.05, 0) is 19.8 Å². The summed E-state index contributed by atoms with van der Waals surface area (Å²) in [6.45, 7) is 3.14. The zero-order chi connectivity index (χ0) is 16.5. The standard InChI is InChI=1S/C17H20N4O3/c1-11-18-7-4-16(19-11)23-13-5-8-21(9-6-13)17(22)14-10-15(24-20-14)12-2-3-12/h4,7,10,12-13H,2-3,5-6,8-9H2,1H3. The lowest BCUT2D eigenvalue weighted by Gasteiger charge is -2.31. The molecule has 1 saturated carbocycles. The van der Waals surface area contributed by atoms with Crippen molar-refractivity contribution in [2.45, 2.75) is 44.6 Å². The highest BCUT2D eigenvalue weighted by atomic mass is 16.5. The molecule has 2 aliphatic rings. The van der Waals surface area contributed by atoms with Gasteiger partial charge in [0, 0.05) is 50.2 Å². The summed E-state index contributed by atoms with van der Waals surface area (Å²) in [5, 5.41) is 3.93. The molecule has 24 heavy (non-hydrogen) atoms. The van der Waals surface area contributed by atoms with Crippen molar-refractivity contribution in [1.82, 2.24) is 20.0 Å². The number of amides is 1. The number of rotatable bonds is 4. The number of hydrogen-bond donors (Lipinski definition) is 0. The number of carbonyl (C=O) groups excluding carboxylic acids is 1. The lowest BCUT2D eigenvalue weighted by molar-refractivity contribution is 0.0578. The molecule has 0 unspecified atom stereocenters. The van der Waals surface area contributed by atoms with E-state index in [-0.39, 0.29) is 12.0 Å². The highest BCUT2D eigenvalue weighted by Gasteiger charge is 2.31. The second-order valence-electron chi connectivity index (χ2n) is 6.44. The first-order valence-electron chi connectivity index (χ1n) is 8.41. The van der Waals surface area contributed by atoms with Crippen molar-refractivity contribution >= 4 is 5.91 Å². The first-order chi connectivity index (χ1) is 11.7. The van der Waals surface area contributed by atoms with Gasteiger partial charge in [0.15, 0.2) is 5.69 Å². The van der Waals surface area contributed by atoms with E-state index in [2.05, 4.69) is 15.1 Å². The summed E-state index contributed by atoms with van der Waals surface area (Å²) in [6.07, 6.45) is 5.59. The van der Waals surface area contributed by atoms with E-state index in [4.69, 9.17) is 9.26 Å². The van der Waals surface area contributed by atoms with Crippen LogP contribution in [-0.2, 0) is 0 Å². The lowest BCUT2D eigenvalue weighted by atomic mass is 10.1. The van der Waals surface area contributed by atoms with E-state index >= 15 is 0 Å². The van der Waals surface area contributed by atoms with E-state index < -0.39 is 0 Å². The Kier molecular flexibility index (Phi) is 3.92. The molecule has 0 aromatic carbocycles. The summed E-state index contributed by atoms with van der Waals surface area (Å²) in [6, 6.07) is 3.56. The van der Waals surface area contributed by atoms with Gasteiger partial charge < -0.3 is 14.2 Å². The van der Waals surface area contributed by atoms with Crippen LogP contribution in [0.1, 0.15) is 53.7 Å². The number of aromatic nitrogens is 3. The van der Waals surface area contributed by atoms with E-state index in [1.165, 1.54) is 0 Å². The molecule has 2 aromatic heterocycles. The zero-order valence-corrected chi connectivity index (χ0v) is 13.6. The van der Waals surface area contributed by atoms with Crippen LogP contribution in [0.4, 0.5) is 0 Å².